The number of H-pyrrole nitrogens is 1. The molecule has 2 heterocycles. The maximum Gasteiger partial charge on any atom is 0.348 e. The van der Waals surface area contributed by atoms with Gasteiger partial charge in [0.25, 0.3) is 0 Å². The quantitative estimate of drug-likeness (QED) is 0.520. The molecule has 0 atom stereocenters. The number of methoxy groups -OCH3 is 1. The summed E-state index contributed by atoms with van der Waals surface area (Å²) in [6.07, 6.45) is 0. The van der Waals surface area contributed by atoms with E-state index in [1.165, 1.54) is 0 Å². The van der Waals surface area contributed by atoms with Crippen LogP contribution in [0.5, 0.6) is 5.75 Å². The van der Waals surface area contributed by atoms with Gasteiger partial charge in [-0.05, 0) is 41.5 Å². The fourth-order valence-electron chi connectivity index (χ4n) is 2.95. The normalized spacial score (nSPS) is 10.9. The van der Waals surface area contributed by atoms with Crippen LogP contribution in [0.1, 0.15) is 0 Å². The number of aromatic amines is 1. The number of benzene rings is 2. The minimum atomic E-state index is -0.527. The van der Waals surface area contributed by atoms with E-state index in [9.17, 15) is 4.79 Å². The second-order valence-electron chi connectivity index (χ2n) is 5.94. The van der Waals surface area contributed by atoms with Crippen molar-refractivity contribution in [1.82, 2.24) is 15.0 Å². The molecule has 3 N–H and O–H groups in total. The molecule has 0 fully saturated rings. The summed E-state index contributed by atoms with van der Waals surface area (Å²) >= 11 is 3.43. The summed E-state index contributed by atoms with van der Waals surface area (Å²) in [5, 5.41) is 0.612. The fraction of sp³-hybridized carbons (Fsp3) is 0.0500. The lowest BCUT2D eigenvalue weighted by molar-refractivity contribution is 0.415. The van der Waals surface area contributed by atoms with Gasteiger partial charge in [-0.3, -0.25) is 4.98 Å². The minimum absolute atomic E-state index is 0.241. The molecule has 4 rings (SSSR count). The monoisotopic (exact) mass is 422 g/mol. The van der Waals surface area contributed by atoms with E-state index in [0.29, 0.717) is 16.7 Å². The highest BCUT2D eigenvalue weighted by atomic mass is 79.9. The van der Waals surface area contributed by atoms with Crippen molar-refractivity contribution in [1.29, 1.82) is 0 Å². The first-order chi connectivity index (χ1) is 13.0. The van der Waals surface area contributed by atoms with Crippen molar-refractivity contribution < 1.29 is 4.74 Å². The van der Waals surface area contributed by atoms with Gasteiger partial charge < -0.3 is 10.5 Å². The smallest absolute Gasteiger partial charge is 0.348 e. The van der Waals surface area contributed by atoms with Crippen LogP contribution in [-0.4, -0.2) is 22.1 Å². The molecule has 27 heavy (non-hydrogen) atoms. The number of nitrogens with one attached hydrogen (secondary N) is 1. The molecular weight excluding hydrogens is 408 g/mol. The van der Waals surface area contributed by atoms with E-state index >= 15 is 0 Å². The van der Waals surface area contributed by atoms with E-state index in [1.54, 1.807) is 7.11 Å². The Morgan fingerprint density at radius 1 is 1.00 bits per heavy atom. The second-order valence-corrected chi connectivity index (χ2v) is 6.86. The molecule has 0 aliphatic heterocycles. The molecule has 134 valence electrons. The lowest BCUT2D eigenvalue weighted by Gasteiger charge is -2.12. The average Bonchev–Trinajstić information content (AvgIpc) is 2.67. The highest BCUT2D eigenvalue weighted by molar-refractivity contribution is 9.10. The van der Waals surface area contributed by atoms with Gasteiger partial charge in [0, 0.05) is 10.0 Å². The van der Waals surface area contributed by atoms with Gasteiger partial charge in [-0.25, -0.2) is 9.78 Å². The van der Waals surface area contributed by atoms with Crippen LogP contribution in [0.3, 0.4) is 0 Å². The maximum atomic E-state index is 11.8. The Labute approximate surface area is 163 Å². The lowest BCUT2D eigenvalue weighted by Crippen LogP contribution is -2.14. The Kier molecular flexibility index (Phi) is 4.37. The molecule has 0 spiro atoms. The van der Waals surface area contributed by atoms with Gasteiger partial charge in [0.2, 0.25) is 0 Å². The summed E-state index contributed by atoms with van der Waals surface area (Å²) < 4.78 is 6.21. The van der Waals surface area contributed by atoms with Crippen molar-refractivity contribution in [3.8, 4) is 28.1 Å². The van der Waals surface area contributed by atoms with E-state index in [0.717, 1.165) is 26.9 Å². The molecule has 0 aliphatic carbocycles. The number of nitrogens with two attached hydrogens (primary N) is 1. The summed E-state index contributed by atoms with van der Waals surface area (Å²) in [5.41, 5.74) is 9.25. The number of halogens is 1. The molecule has 2 aromatic carbocycles. The van der Waals surface area contributed by atoms with Gasteiger partial charge in [-0.15, -0.1) is 0 Å². The third kappa shape index (κ3) is 3.29. The Morgan fingerprint density at radius 2 is 1.67 bits per heavy atom. The van der Waals surface area contributed by atoms with Crippen LogP contribution in [0.25, 0.3) is 33.4 Å². The van der Waals surface area contributed by atoms with Gasteiger partial charge in [0.15, 0.2) is 5.65 Å². The van der Waals surface area contributed by atoms with Gasteiger partial charge in [0.1, 0.15) is 11.6 Å². The van der Waals surface area contributed by atoms with Crippen LogP contribution in [0.2, 0.25) is 0 Å². The topological polar surface area (TPSA) is 93.9 Å². The average molecular weight is 423 g/mol. The van der Waals surface area contributed by atoms with Gasteiger partial charge in [-0.2, -0.15) is 4.98 Å². The third-order valence-electron chi connectivity index (χ3n) is 4.26. The number of nitrogens with zero attached hydrogens (tertiary/aromatic N) is 2. The second kappa shape index (κ2) is 6.85. The fourth-order valence-corrected chi connectivity index (χ4v) is 3.21. The number of aromatic nitrogens is 3. The summed E-state index contributed by atoms with van der Waals surface area (Å²) in [7, 11) is 1.62. The van der Waals surface area contributed by atoms with Crippen LogP contribution in [0, 0.1) is 0 Å². The van der Waals surface area contributed by atoms with Crippen LogP contribution in [-0.2, 0) is 0 Å². The SMILES string of the molecule is COc1ccc(-c2cc(-c3ccc(Br)cc3)nc3nc(=O)[nH]c(N)c23)cc1. The van der Waals surface area contributed by atoms with Crippen molar-refractivity contribution in [2.24, 2.45) is 0 Å². The molecule has 6 nitrogen and oxygen atoms in total. The third-order valence-corrected chi connectivity index (χ3v) is 4.79. The lowest BCUT2D eigenvalue weighted by atomic mass is 10.00. The molecule has 0 unspecified atom stereocenters. The molecule has 0 saturated carbocycles. The van der Waals surface area contributed by atoms with E-state index in [4.69, 9.17) is 10.5 Å². The zero-order valence-electron chi connectivity index (χ0n) is 14.4. The Hall–Kier alpha value is -3.19. The summed E-state index contributed by atoms with van der Waals surface area (Å²) in [6, 6.07) is 17.3. The molecule has 0 bridgehead atoms. The molecule has 2 aromatic heterocycles. The molecule has 0 radical (unpaired) electrons. The molecule has 0 amide bonds. The summed E-state index contributed by atoms with van der Waals surface area (Å²) in [4.78, 5) is 23.0. The van der Waals surface area contributed by atoms with E-state index in [1.807, 2.05) is 54.6 Å². The molecule has 0 aliphatic rings. The van der Waals surface area contributed by atoms with E-state index in [2.05, 4.69) is 30.9 Å². The first-order valence-corrected chi connectivity index (χ1v) is 8.95. The maximum absolute atomic E-state index is 11.8. The predicted octanol–water partition coefficient (Wildman–Crippen LogP) is 4.01. The number of rotatable bonds is 3. The van der Waals surface area contributed by atoms with Gasteiger partial charge in [0.05, 0.1) is 18.2 Å². The Morgan fingerprint density at radius 3 is 2.33 bits per heavy atom. The molecular formula is C20H15BrN4O2. The number of nitrogen functional groups attached to an aromatic ring is 1. The highest BCUT2D eigenvalue weighted by Gasteiger charge is 2.14. The predicted molar refractivity (Wildman–Crippen MR) is 110 cm³/mol. The molecule has 4 aromatic rings. The minimum Gasteiger partial charge on any atom is -0.497 e. The van der Waals surface area contributed by atoms with Crippen LogP contribution >= 0.6 is 15.9 Å². The number of pyridine rings is 1. The van der Waals surface area contributed by atoms with Crippen LogP contribution < -0.4 is 16.2 Å². The van der Waals surface area contributed by atoms with Crippen molar-refractivity contribution in [2.75, 3.05) is 12.8 Å². The van der Waals surface area contributed by atoms with Crippen molar-refractivity contribution in [3.63, 3.8) is 0 Å². The number of hydrogen-bond donors (Lipinski definition) is 2. The zero-order chi connectivity index (χ0) is 19.0. The highest BCUT2D eigenvalue weighted by Crippen LogP contribution is 2.34. The Bertz CT molecular complexity index is 1190. The summed E-state index contributed by atoms with van der Waals surface area (Å²) in [5.74, 6) is 0.996. The van der Waals surface area contributed by atoms with Crippen molar-refractivity contribution >= 4 is 32.8 Å². The van der Waals surface area contributed by atoms with E-state index < -0.39 is 5.69 Å². The number of ether oxygens (including phenoxy) is 1. The molecule has 0 saturated heterocycles. The first kappa shape index (κ1) is 17.2. The zero-order valence-corrected chi connectivity index (χ0v) is 15.9. The van der Waals surface area contributed by atoms with Gasteiger partial charge >= 0.3 is 5.69 Å². The Balaban J connectivity index is 2.01. The summed E-state index contributed by atoms with van der Waals surface area (Å²) in [6.45, 7) is 0. The number of fused-ring (bicyclic) bond motifs is 1. The first-order valence-electron chi connectivity index (χ1n) is 8.16. The molecule has 7 heteroatoms. The number of anilines is 1. The standard InChI is InChI=1S/C20H15BrN4O2/c1-27-14-8-4-11(5-9-14)15-10-16(12-2-6-13(21)7-3-12)23-19-17(15)18(22)24-20(26)25-19/h2-10H,1H3,(H3,22,23,24,25,26). The van der Waals surface area contributed by atoms with Crippen molar-refractivity contribution in [3.05, 3.63) is 69.6 Å². The van der Waals surface area contributed by atoms with Gasteiger partial charge in [-0.1, -0.05) is 40.2 Å². The van der Waals surface area contributed by atoms with Crippen molar-refractivity contribution in [2.45, 2.75) is 0 Å². The van der Waals surface area contributed by atoms with Crippen LogP contribution in [0.4, 0.5) is 5.82 Å². The number of hydrogen-bond acceptors (Lipinski definition) is 5. The van der Waals surface area contributed by atoms with Crippen LogP contribution in [0.15, 0.2) is 63.9 Å². The van der Waals surface area contributed by atoms with E-state index in [-0.39, 0.29) is 5.82 Å². The largest absolute Gasteiger partial charge is 0.497 e.